The topological polar surface area (TPSA) is 24.9 Å². The van der Waals surface area contributed by atoms with Crippen LogP contribution in [0.3, 0.4) is 0 Å². The molecule has 0 aliphatic heterocycles. The van der Waals surface area contributed by atoms with Crippen molar-refractivity contribution in [1.82, 2.24) is 4.98 Å². The number of benzene rings is 1. The monoisotopic (exact) mass is 256 g/mol. The number of rotatable bonds is 5. The quantitative estimate of drug-likeness (QED) is 0.835. The third kappa shape index (κ3) is 3.06. The predicted octanol–water partition coefficient (Wildman–Crippen LogP) is 4.74. The molecule has 2 nitrogen and oxygen atoms in total. The maximum atomic E-state index is 4.77. The first-order valence-corrected chi connectivity index (χ1v) is 7.33. The molecular weight excluding hydrogens is 232 g/mol. The van der Waals surface area contributed by atoms with Gasteiger partial charge in [-0.05, 0) is 48.1 Å². The van der Waals surface area contributed by atoms with E-state index < -0.39 is 0 Å². The second-order valence-corrected chi connectivity index (χ2v) is 5.38. The fourth-order valence-electron chi connectivity index (χ4n) is 2.26. The van der Waals surface area contributed by atoms with Crippen molar-refractivity contribution in [2.45, 2.75) is 46.5 Å². The van der Waals surface area contributed by atoms with Gasteiger partial charge in [-0.3, -0.25) is 0 Å². The molecular formula is C17H24N2. The smallest absolute Gasteiger partial charge is 0.129 e. The van der Waals surface area contributed by atoms with Crippen LogP contribution in [0.25, 0.3) is 10.9 Å². The van der Waals surface area contributed by atoms with Crippen LogP contribution in [0, 0.1) is 0 Å². The summed E-state index contributed by atoms with van der Waals surface area (Å²) < 4.78 is 0. The summed E-state index contributed by atoms with van der Waals surface area (Å²) in [4.78, 5) is 4.77. The molecule has 1 N–H and O–H groups in total. The van der Waals surface area contributed by atoms with E-state index in [1.54, 1.807) is 0 Å². The molecule has 0 aliphatic rings. The number of aryl methyl sites for hydroxylation is 1. The lowest BCUT2D eigenvalue weighted by atomic mass is 10.00. The van der Waals surface area contributed by atoms with Crippen molar-refractivity contribution in [3.63, 3.8) is 0 Å². The van der Waals surface area contributed by atoms with Crippen molar-refractivity contribution < 1.29 is 0 Å². The summed E-state index contributed by atoms with van der Waals surface area (Å²) >= 11 is 0. The molecule has 1 heterocycles. The van der Waals surface area contributed by atoms with Crippen LogP contribution in [0.15, 0.2) is 24.3 Å². The number of fused-ring (bicyclic) bond motifs is 1. The van der Waals surface area contributed by atoms with Gasteiger partial charge in [0.1, 0.15) is 5.82 Å². The molecule has 0 atom stereocenters. The van der Waals surface area contributed by atoms with Crippen LogP contribution in [-0.4, -0.2) is 11.5 Å². The standard InChI is InChI=1S/C17H24N2/c1-5-9-18-17-13(6-2)10-15-11-14(12(3)4)7-8-16(15)19-17/h7-8,10-12H,5-6,9H2,1-4H3,(H,18,19). The van der Waals surface area contributed by atoms with Gasteiger partial charge in [0.2, 0.25) is 0 Å². The van der Waals surface area contributed by atoms with Crippen molar-refractivity contribution in [3.8, 4) is 0 Å². The van der Waals surface area contributed by atoms with Crippen LogP contribution < -0.4 is 5.32 Å². The van der Waals surface area contributed by atoms with E-state index in [1.807, 2.05) is 0 Å². The molecule has 1 aromatic heterocycles. The Bertz CT molecular complexity index is 558. The Kier molecular flexibility index (Phi) is 4.41. The van der Waals surface area contributed by atoms with E-state index in [2.05, 4.69) is 57.3 Å². The van der Waals surface area contributed by atoms with Gasteiger partial charge in [-0.2, -0.15) is 0 Å². The average molecular weight is 256 g/mol. The second-order valence-electron chi connectivity index (χ2n) is 5.38. The molecule has 0 spiro atoms. The first-order chi connectivity index (χ1) is 9.15. The van der Waals surface area contributed by atoms with E-state index in [9.17, 15) is 0 Å². The maximum Gasteiger partial charge on any atom is 0.129 e. The number of aromatic nitrogens is 1. The van der Waals surface area contributed by atoms with Crippen LogP contribution in [0.5, 0.6) is 0 Å². The fraction of sp³-hybridized carbons (Fsp3) is 0.471. The second kappa shape index (κ2) is 6.05. The number of pyridine rings is 1. The van der Waals surface area contributed by atoms with E-state index in [1.165, 1.54) is 16.5 Å². The van der Waals surface area contributed by atoms with Crippen molar-refractivity contribution >= 4 is 16.7 Å². The molecule has 102 valence electrons. The van der Waals surface area contributed by atoms with Gasteiger partial charge < -0.3 is 5.32 Å². The summed E-state index contributed by atoms with van der Waals surface area (Å²) in [6.45, 7) is 9.80. The van der Waals surface area contributed by atoms with Gasteiger partial charge in [0.05, 0.1) is 5.52 Å². The molecule has 0 saturated carbocycles. The van der Waals surface area contributed by atoms with Crippen LogP contribution in [0.2, 0.25) is 0 Å². The molecule has 0 amide bonds. The van der Waals surface area contributed by atoms with Gasteiger partial charge in [-0.15, -0.1) is 0 Å². The van der Waals surface area contributed by atoms with Crippen LogP contribution in [0.1, 0.15) is 51.2 Å². The van der Waals surface area contributed by atoms with Gasteiger partial charge in [0, 0.05) is 11.9 Å². The van der Waals surface area contributed by atoms with Crippen LogP contribution in [-0.2, 0) is 6.42 Å². The molecule has 0 fully saturated rings. The molecule has 2 heteroatoms. The van der Waals surface area contributed by atoms with Gasteiger partial charge in [-0.25, -0.2) is 4.98 Å². The number of nitrogens with one attached hydrogen (secondary N) is 1. The predicted molar refractivity (Wildman–Crippen MR) is 84.0 cm³/mol. The summed E-state index contributed by atoms with van der Waals surface area (Å²) in [7, 11) is 0. The van der Waals surface area contributed by atoms with Crippen molar-refractivity contribution in [3.05, 3.63) is 35.4 Å². The molecule has 0 unspecified atom stereocenters. The van der Waals surface area contributed by atoms with Gasteiger partial charge >= 0.3 is 0 Å². The molecule has 1 aromatic carbocycles. The number of hydrogen-bond donors (Lipinski definition) is 1. The molecule has 0 saturated heterocycles. The first kappa shape index (κ1) is 13.9. The molecule has 0 aliphatic carbocycles. The normalized spacial score (nSPS) is 11.2. The largest absolute Gasteiger partial charge is 0.370 e. The number of hydrogen-bond acceptors (Lipinski definition) is 2. The van der Waals surface area contributed by atoms with Gasteiger partial charge in [0.25, 0.3) is 0 Å². The number of nitrogens with zero attached hydrogens (tertiary/aromatic N) is 1. The Hall–Kier alpha value is -1.57. The maximum absolute atomic E-state index is 4.77. The molecule has 0 radical (unpaired) electrons. The first-order valence-electron chi connectivity index (χ1n) is 7.33. The SMILES string of the molecule is CCCNc1nc2ccc(C(C)C)cc2cc1CC. The lowest BCUT2D eigenvalue weighted by molar-refractivity contribution is 0.868. The molecule has 2 rings (SSSR count). The summed E-state index contributed by atoms with van der Waals surface area (Å²) in [5.41, 5.74) is 3.77. The van der Waals surface area contributed by atoms with E-state index >= 15 is 0 Å². The highest BCUT2D eigenvalue weighted by Gasteiger charge is 2.07. The Labute approximate surface area is 116 Å². The highest BCUT2D eigenvalue weighted by atomic mass is 15.0. The highest BCUT2D eigenvalue weighted by molar-refractivity contribution is 5.82. The molecule has 19 heavy (non-hydrogen) atoms. The molecule has 0 bridgehead atoms. The number of anilines is 1. The van der Waals surface area contributed by atoms with Gasteiger partial charge in [-0.1, -0.05) is 33.8 Å². The van der Waals surface area contributed by atoms with E-state index in [4.69, 9.17) is 4.98 Å². The molecule has 2 aromatic rings. The Morgan fingerprint density at radius 2 is 1.95 bits per heavy atom. The zero-order valence-corrected chi connectivity index (χ0v) is 12.5. The van der Waals surface area contributed by atoms with Crippen molar-refractivity contribution in [2.24, 2.45) is 0 Å². The minimum Gasteiger partial charge on any atom is -0.370 e. The summed E-state index contributed by atoms with van der Waals surface area (Å²) in [6.07, 6.45) is 2.13. The summed E-state index contributed by atoms with van der Waals surface area (Å²) in [5, 5.41) is 4.69. The van der Waals surface area contributed by atoms with Crippen LogP contribution >= 0.6 is 0 Å². The lowest BCUT2D eigenvalue weighted by Gasteiger charge is -2.12. The zero-order chi connectivity index (χ0) is 13.8. The van der Waals surface area contributed by atoms with Crippen molar-refractivity contribution in [2.75, 3.05) is 11.9 Å². The highest BCUT2D eigenvalue weighted by Crippen LogP contribution is 2.24. The lowest BCUT2D eigenvalue weighted by Crippen LogP contribution is -2.05. The Morgan fingerprint density at radius 3 is 2.58 bits per heavy atom. The van der Waals surface area contributed by atoms with Crippen LogP contribution in [0.4, 0.5) is 5.82 Å². The van der Waals surface area contributed by atoms with Crippen molar-refractivity contribution in [1.29, 1.82) is 0 Å². The minimum atomic E-state index is 0.562. The fourth-order valence-corrected chi connectivity index (χ4v) is 2.26. The minimum absolute atomic E-state index is 0.562. The average Bonchev–Trinajstić information content (AvgIpc) is 2.43. The van der Waals surface area contributed by atoms with E-state index in [0.29, 0.717) is 5.92 Å². The van der Waals surface area contributed by atoms with E-state index in [-0.39, 0.29) is 0 Å². The van der Waals surface area contributed by atoms with Gasteiger partial charge in [0.15, 0.2) is 0 Å². The Balaban J connectivity index is 2.47. The third-order valence-corrected chi connectivity index (χ3v) is 3.51. The zero-order valence-electron chi connectivity index (χ0n) is 12.5. The summed E-state index contributed by atoms with van der Waals surface area (Å²) in [5.74, 6) is 1.61. The Morgan fingerprint density at radius 1 is 1.16 bits per heavy atom. The van der Waals surface area contributed by atoms with E-state index in [0.717, 1.165) is 30.7 Å². The third-order valence-electron chi connectivity index (χ3n) is 3.51. The summed E-state index contributed by atoms with van der Waals surface area (Å²) in [6, 6.07) is 8.89.